The summed E-state index contributed by atoms with van der Waals surface area (Å²) in [6.07, 6.45) is 2.96. The number of fused-ring (bicyclic) bond motifs is 1. The fourth-order valence-electron chi connectivity index (χ4n) is 2.04. The summed E-state index contributed by atoms with van der Waals surface area (Å²) in [6.45, 7) is 8.87. The monoisotopic (exact) mass is 292 g/mol. The number of rotatable bonds is 4. The lowest BCUT2D eigenvalue weighted by atomic mass is 10.1. The predicted octanol–water partition coefficient (Wildman–Crippen LogP) is 4.24. The van der Waals surface area contributed by atoms with Crippen molar-refractivity contribution in [3.05, 3.63) is 42.2 Å². The molecule has 17 heavy (non-hydrogen) atoms. The molecule has 3 heteroatoms. The van der Waals surface area contributed by atoms with Crippen LogP contribution in [0.3, 0.4) is 0 Å². The highest BCUT2D eigenvalue weighted by molar-refractivity contribution is 9.09. The summed E-state index contributed by atoms with van der Waals surface area (Å²) in [7, 11) is 0. The van der Waals surface area contributed by atoms with E-state index in [1.165, 1.54) is 11.1 Å². The van der Waals surface area contributed by atoms with Crippen LogP contribution >= 0.6 is 15.9 Å². The maximum absolute atomic E-state index is 4.71. The zero-order valence-electron chi connectivity index (χ0n) is 10.3. The van der Waals surface area contributed by atoms with Gasteiger partial charge < -0.3 is 4.57 Å². The number of imidazole rings is 1. The molecular formula is C14H17BrN2. The first-order valence-electron chi connectivity index (χ1n) is 5.91. The Hall–Kier alpha value is -1.09. The van der Waals surface area contributed by atoms with Gasteiger partial charge in [-0.05, 0) is 31.0 Å². The zero-order valence-corrected chi connectivity index (χ0v) is 11.9. The van der Waals surface area contributed by atoms with E-state index < -0.39 is 0 Å². The van der Waals surface area contributed by atoms with E-state index in [2.05, 4.69) is 59.1 Å². The van der Waals surface area contributed by atoms with Crippen LogP contribution in [-0.4, -0.2) is 9.55 Å². The molecule has 1 aromatic heterocycles. The number of hydrogen-bond acceptors (Lipinski definition) is 1. The van der Waals surface area contributed by atoms with Gasteiger partial charge in [-0.2, -0.15) is 0 Å². The molecule has 1 atom stereocenters. The molecule has 0 aliphatic heterocycles. The van der Waals surface area contributed by atoms with E-state index in [4.69, 9.17) is 4.98 Å². The second-order valence-corrected chi connectivity index (χ2v) is 5.54. The summed E-state index contributed by atoms with van der Waals surface area (Å²) in [5.74, 6) is 1.06. The molecule has 0 saturated heterocycles. The lowest BCUT2D eigenvalue weighted by molar-refractivity contribution is 0.767. The third-order valence-electron chi connectivity index (χ3n) is 2.92. The summed E-state index contributed by atoms with van der Waals surface area (Å²) >= 11 is 3.60. The van der Waals surface area contributed by atoms with Crippen LogP contribution in [0, 0.1) is 0 Å². The molecule has 0 aliphatic rings. The number of benzene rings is 1. The fourth-order valence-corrected chi connectivity index (χ4v) is 2.39. The van der Waals surface area contributed by atoms with Crippen LogP contribution in [0.2, 0.25) is 0 Å². The number of alkyl halides is 1. The Balaban J connectivity index is 2.65. The summed E-state index contributed by atoms with van der Waals surface area (Å²) < 4.78 is 2.21. The first kappa shape index (κ1) is 12.4. The molecule has 0 fully saturated rings. The highest BCUT2D eigenvalue weighted by atomic mass is 79.9. The average Bonchev–Trinajstić information content (AvgIpc) is 2.68. The SMILES string of the molecule is C=CCn1c(C(C)Br)nc2cc(CC)ccc21. The van der Waals surface area contributed by atoms with Crippen molar-refractivity contribution in [2.45, 2.75) is 31.6 Å². The largest absolute Gasteiger partial charge is 0.323 e. The van der Waals surface area contributed by atoms with Gasteiger partial charge in [-0.1, -0.05) is 35.0 Å². The van der Waals surface area contributed by atoms with Gasteiger partial charge in [-0.15, -0.1) is 6.58 Å². The minimum absolute atomic E-state index is 0.250. The number of hydrogen-bond donors (Lipinski definition) is 0. The van der Waals surface area contributed by atoms with E-state index in [9.17, 15) is 0 Å². The van der Waals surface area contributed by atoms with Crippen molar-refractivity contribution < 1.29 is 0 Å². The van der Waals surface area contributed by atoms with Gasteiger partial charge in [0.25, 0.3) is 0 Å². The average molecular weight is 293 g/mol. The van der Waals surface area contributed by atoms with Crippen LogP contribution in [0.1, 0.15) is 30.1 Å². The van der Waals surface area contributed by atoms with Crippen molar-refractivity contribution in [1.29, 1.82) is 0 Å². The molecule has 0 radical (unpaired) electrons. The van der Waals surface area contributed by atoms with E-state index in [1.54, 1.807) is 0 Å². The molecule has 0 spiro atoms. The molecule has 0 N–H and O–H groups in total. The maximum Gasteiger partial charge on any atom is 0.123 e. The van der Waals surface area contributed by atoms with Gasteiger partial charge in [-0.3, -0.25) is 0 Å². The van der Waals surface area contributed by atoms with E-state index in [1.807, 2.05) is 6.08 Å². The molecule has 90 valence electrons. The van der Waals surface area contributed by atoms with Crippen molar-refractivity contribution in [2.75, 3.05) is 0 Å². The number of aryl methyl sites for hydroxylation is 1. The Kier molecular flexibility index (Phi) is 3.67. The summed E-state index contributed by atoms with van der Waals surface area (Å²) in [5.41, 5.74) is 3.59. The van der Waals surface area contributed by atoms with Crippen molar-refractivity contribution in [3.63, 3.8) is 0 Å². The first-order valence-corrected chi connectivity index (χ1v) is 6.83. The van der Waals surface area contributed by atoms with Gasteiger partial charge in [0.2, 0.25) is 0 Å². The molecular weight excluding hydrogens is 276 g/mol. The molecule has 1 heterocycles. The second kappa shape index (κ2) is 5.05. The molecule has 2 aromatic rings. The number of aromatic nitrogens is 2. The summed E-state index contributed by atoms with van der Waals surface area (Å²) in [5, 5.41) is 0. The van der Waals surface area contributed by atoms with E-state index in [0.29, 0.717) is 0 Å². The van der Waals surface area contributed by atoms with Gasteiger partial charge in [0.05, 0.1) is 15.9 Å². The van der Waals surface area contributed by atoms with Crippen LogP contribution < -0.4 is 0 Å². The topological polar surface area (TPSA) is 17.8 Å². The van der Waals surface area contributed by atoms with Crippen molar-refractivity contribution in [3.8, 4) is 0 Å². The Morgan fingerprint density at radius 1 is 1.53 bits per heavy atom. The molecule has 1 unspecified atom stereocenters. The quantitative estimate of drug-likeness (QED) is 0.609. The van der Waals surface area contributed by atoms with Gasteiger partial charge >= 0.3 is 0 Å². The Labute approximate surface area is 110 Å². The van der Waals surface area contributed by atoms with Crippen molar-refractivity contribution >= 4 is 27.0 Å². The second-order valence-electron chi connectivity index (χ2n) is 4.16. The van der Waals surface area contributed by atoms with Gasteiger partial charge in [0.1, 0.15) is 5.82 Å². The normalized spacial score (nSPS) is 12.9. The summed E-state index contributed by atoms with van der Waals surface area (Å²) in [4.78, 5) is 4.96. The highest BCUT2D eigenvalue weighted by Crippen LogP contribution is 2.26. The van der Waals surface area contributed by atoms with Crippen LogP contribution in [0.15, 0.2) is 30.9 Å². The molecule has 0 bridgehead atoms. The maximum atomic E-state index is 4.71. The van der Waals surface area contributed by atoms with E-state index in [0.717, 1.165) is 24.3 Å². The van der Waals surface area contributed by atoms with Crippen LogP contribution in [0.4, 0.5) is 0 Å². The van der Waals surface area contributed by atoms with Crippen LogP contribution in [-0.2, 0) is 13.0 Å². The van der Waals surface area contributed by atoms with Crippen LogP contribution in [0.5, 0.6) is 0 Å². The van der Waals surface area contributed by atoms with Crippen molar-refractivity contribution in [1.82, 2.24) is 9.55 Å². The van der Waals surface area contributed by atoms with Gasteiger partial charge in [0, 0.05) is 6.54 Å². The fraction of sp³-hybridized carbons (Fsp3) is 0.357. The number of halogens is 1. The highest BCUT2D eigenvalue weighted by Gasteiger charge is 2.13. The number of nitrogens with zero attached hydrogens (tertiary/aromatic N) is 2. The molecule has 1 aromatic carbocycles. The Bertz CT molecular complexity index is 540. The lowest BCUT2D eigenvalue weighted by Crippen LogP contribution is -2.02. The lowest BCUT2D eigenvalue weighted by Gasteiger charge is -2.07. The van der Waals surface area contributed by atoms with Gasteiger partial charge in [0.15, 0.2) is 0 Å². The third kappa shape index (κ3) is 2.29. The smallest absolute Gasteiger partial charge is 0.123 e. The minimum atomic E-state index is 0.250. The standard InChI is InChI=1S/C14H17BrN2/c1-4-8-17-13-7-6-11(5-2)9-12(13)16-14(17)10(3)15/h4,6-7,9-10H,1,5,8H2,2-3H3. The first-order chi connectivity index (χ1) is 8.17. The Morgan fingerprint density at radius 2 is 2.29 bits per heavy atom. The number of allylic oxidation sites excluding steroid dienone is 1. The predicted molar refractivity (Wildman–Crippen MR) is 76.7 cm³/mol. The van der Waals surface area contributed by atoms with E-state index in [-0.39, 0.29) is 4.83 Å². The zero-order chi connectivity index (χ0) is 12.4. The van der Waals surface area contributed by atoms with Gasteiger partial charge in [-0.25, -0.2) is 4.98 Å². The van der Waals surface area contributed by atoms with Crippen molar-refractivity contribution in [2.24, 2.45) is 0 Å². The summed E-state index contributed by atoms with van der Waals surface area (Å²) in [6, 6.07) is 6.50. The van der Waals surface area contributed by atoms with E-state index >= 15 is 0 Å². The minimum Gasteiger partial charge on any atom is -0.323 e. The van der Waals surface area contributed by atoms with Crippen LogP contribution in [0.25, 0.3) is 11.0 Å². The third-order valence-corrected chi connectivity index (χ3v) is 3.33. The molecule has 0 amide bonds. The molecule has 0 aliphatic carbocycles. The molecule has 2 nitrogen and oxygen atoms in total. The molecule has 0 saturated carbocycles. The Morgan fingerprint density at radius 3 is 2.88 bits per heavy atom. The molecule has 2 rings (SSSR count).